The van der Waals surface area contributed by atoms with Crippen LogP contribution in [0.25, 0.3) is 0 Å². The Bertz CT molecular complexity index is 1230. The minimum absolute atomic E-state index is 0.00707. The molecular formula is C29H39N3O6. The van der Waals surface area contributed by atoms with Crippen LogP contribution in [0.15, 0.2) is 46.8 Å². The van der Waals surface area contributed by atoms with Gasteiger partial charge in [-0.3, -0.25) is 19.7 Å². The van der Waals surface area contributed by atoms with E-state index >= 15 is 0 Å². The number of ether oxygens (including phenoxy) is 1. The quantitative estimate of drug-likeness (QED) is 0.183. The molecule has 206 valence electrons. The normalized spacial score (nSPS) is 15.9. The molecule has 0 aliphatic heterocycles. The highest BCUT2D eigenvalue weighted by Crippen LogP contribution is 2.44. The summed E-state index contributed by atoms with van der Waals surface area (Å²) in [6, 6.07) is 7.01. The number of pyridine rings is 1. The number of aliphatic hydroxyl groups is 1. The van der Waals surface area contributed by atoms with Crippen LogP contribution in [0.5, 0.6) is 5.75 Å². The summed E-state index contributed by atoms with van der Waals surface area (Å²) in [5, 5.41) is 22.9. The van der Waals surface area contributed by atoms with Crippen molar-refractivity contribution in [1.82, 2.24) is 9.88 Å². The summed E-state index contributed by atoms with van der Waals surface area (Å²) in [6.45, 7) is 9.90. The molecule has 0 radical (unpaired) electrons. The third-order valence-electron chi connectivity index (χ3n) is 7.23. The fourth-order valence-corrected chi connectivity index (χ4v) is 4.91. The van der Waals surface area contributed by atoms with Crippen LogP contribution in [0, 0.1) is 21.4 Å². The summed E-state index contributed by atoms with van der Waals surface area (Å²) in [7, 11) is 0. The highest BCUT2D eigenvalue weighted by molar-refractivity contribution is 5.94. The van der Waals surface area contributed by atoms with Crippen LogP contribution in [0.4, 0.5) is 5.69 Å². The van der Waals surface area contributed by atoms with Crippen molar-refractivity contribution in [3.63, 3.8) is 0 Å². The number of amides is 1. The van der Waals surface area contributed by atoms with Crippen molar-refractivity contribution >= 4 is 11.6 Å². The van der Waals surface area contributed by atoms with Gasteiger partial charge in [-0.15, -0.1) is 0 Å². The van der Waals surface area contributed by atoms with E-state index in [9.17, 15) is 24.8 Å². The highest BCUT2D eigenvalue weighted by Gasteiger charge is 2.37. The standard InChI is InChI=1S/C29H39N3O6/c1-20(2)7-10-22-17-24-25(19-29(22,3)4)31(14-6-15-33)27(34)18-26(24)38-16-5-13-30-28(35)21-8-11-23(12-9-21)32(36)37/h7-9,11-12,18,22,33H,5-6,10,13-17,19H2,1-4H3,(H,30,35). The molecule has 2 N–H and O–H groups in total. The van der Waals surface area contributed by atoms with Gasteiger partial charge in [0.1, 0.15) is 5.75 Å². The van der Waals surface area contributed by atoms with E-state index in [4.69, 9.17) is 4.74 Å². The molecule has 0 fully saturated rings. The van der Waals surface area contributed by atoms with E-state index in [2.05, 4.69) is 39.1 Å². The number of rotatable bonds is 12. The van der Waals surface area contributed by atoms with Gasteiger partial charge >= 0.3 is 0 Å². The number of hydrogen-bond acceptors (Lipinski definition) is 6. The monoisotopic (exact) mass is 525 g/mol. The molecule has 1 aromatic heterocycles. The molecule has 0 bridgehead atoms. The summed E-state index contributed by atoms with van der Waals surface area (Å²) >= 11 is 0. The molecule has 0 saturated carbocycles. The van der Waals surface area contributed by atoms with E-state index < -0.39 is 4.92 Å². The molecule has 1 atom stereocenters. The van der Waals surface area contributed by atoms with E-state index in [0.717, 1.165) is 30.5 Å². The zero-order chi connectivity index (χ0) is 27.9. The van der Waals surface area contributed by atoms with Gasteiger partial charge in [0.05, 0.1) is 11.5 Å². The Kier molecular flexibility index (Phi) is 9.85. The molecule has 38 heavy (non-hydrogen) atoms. The highest BCUT2D eigenvalue weighted by atomic mass is 16.6. The van der Waals surface area contributed by atoms with Crippen LogP contribution in [0.3, 0.4) is 0 Å². The van der Waals surface area contributed by atoms with Gasteiger partial charge in [0.25, 0.3) is 17.2 Å². The first-order valence-corrected chi connectivity index (χ1v) is 13.2. The first-order chi connectivity index (χ1) is 18.0. The van der Waals surface area contributed by atoms with Crippen molar-refractivity contribution in [3.05, 3.63) is 79.3 Å². The smallest absolute Gasteiger partial charge is 0.269 e. The molecule has 9 heteroatoms. The Morgan fingerprint density at radius 3 is 2.61 bits per heavy atom. The van der Waals surface area contributed by atoms with Gasteiger partial charge in [0.2, 0.25) is 0 Å². The number of benzene rings is 1. The predicted molar refractivity (Wildman–Crippen MR) is 147 cm³/mol. The van der Waals surface area contributed by atoms with Crippen molar-refractivity contribution in [2.45, 2.75) is 66.3 Å². The number of allylic oxidation sites excluding steroid dienone is 2. The number of nitrogens with one attached hydrogen (secondary N) is 1. The maximum absolute atomic E-state index is 13.0. The van der Waals surface area contributed by atoms with Gasteiger partial charge in [-0.2, -0.15) is 0 Å². The van der Waals surface area contributed by atoms with Gasteiger partial charge in [0.15, 0.2) is 0 Å². The first kappa shape index (κ1) is 29.1. The second-order valence-corrected chi connectivity index (χ2v) is 10.8. The van der Waals surface area contributed by atoms with Crippen LogP contribution >= 0.6 is 0 Å². The van der Waals surface area contributed by atoms with Gasteiger partial charge in [-0.25, -0.2) is 0 Å². The number of fused-ring (bicyclic) bond motifs is 1. The van der Waals surface area contributed by atoms with Crippen molar-refractivity contribution in [2.24, 2.45) is 11.3 Å². The lowest BCUT2D eigenvalue weighted by Crippen LogP contribution is -2.38. The maximum atomic E-state index is 13.0. The van der Waals surface area contributed by atoms with Crippen molar-refractivity contribution < 1.29 is 19.6 Å². The third-order valence-corrected chi connectivity index (χ3v) is 7.23. The Morgan fingerprint density at radius 1 is 1.26 bits per heavy atom. The van der Waals surface area contributed by atoms with Crippen LogP contribution in [-0.2, 0) is 19.4 Å². The number of nitro groups is 1. The van der Waals surface area contributed by atoms with E-state index in [1.807, 2.05) is 0 Å². The van der Waals surface area contributed by atoms with Crippen LogP contribution in [0.2, 0.25) is 0 Å². The molecule has 2 aromatic rings. The van der Waals surface area contributed by atoms with E-state index in [1.54, 1.807) is 10.6 Å². The topological polar surface area (TPSA) is 124 Å². The molecule has 1 aliphatic carbocycles. The van der Waals surface area contributed by atoms with Gasteiger partial charge in [0, 0.05) is 54.7 Å². The summed E-state index contributed by atoms with van der Waals surface area (Å²) < 4.78 is 7.91. The largest absolute Gasteiger partial charge is 0.493 e. The number of non-ortho nitro benzene ring substituents is 1. The van der Waals surface area contributed by atoms with Crippen molar-refractivity contribution in [3.8, 4) is 5.75 Å². The molecule has 3 rings (SSSR count). The third kappa shape index (κ3) is 7.31. The number of aromatic nitrogens is 1. The number of nitro benzene ring substituents is 1. The van der Waals surface area contributed by atoms with E-state index in [-0.39, 0.29) is 29.2 Å². The number of carbonyl (C=O) groups excluding carboxylic acids is 1. The number of aliphatic hydroxyl groups excluding tert-OH is 1. The summed E-state index contributed by atoms with van der Waals surface area (Å²) in [4.78, 5) is 35.6. The molecule has 9 nitrogen and oxygen atoms in total. The Morgan fingerprint density at radius 2 is 1.97 bits per heavy atom. The average molecular weight is 526 g/mol. The average Bonchev–Trinajstić information content (AvgIpc) is 2.86. The molecule has 1 unspecified atom stereocenters. The molecule has 0 spiro atoms. The zero-order valence-electron chi connectivity index (χ0n) is 22.8. The van der Waals surface area contributed by atoms with Crippen LogP contribution in [0.1, 0.15) is 68.6 Å². The minimum atomic E-state index is -0.506. The zero-order valence-corrected chi connectivity index (χ0v) is 22.8. The number of carbonyl (C=O) groups is 1. The minimum Gasteiger partial charge on any atom is -0.493 e. The molecule has 1 aromatic carbocycles. The fraction of sp³-hybridized carbons (Fsp3) is 0.517. The summed E-state index contributed by atoms with van der Waals surface area (Å²) in [5.41, 5.74) is 3.50. The van der Waals surface area contributed by atoms with E-state index in [1.165, 1.54) is 29.8 Å². The molecule has 1 amide bonds. The SMILES string of the molecule is CC(C)=CCC1Cc2c(OCCCNC(=O)c3ccc([N+](=O)[O-])cc3)cc(=O)n(CCCO)c2CC1(C)C. The molecule has 1 heterocycles. The predicted octanol–water partition coefficient (Wildman–Crippen LogP) is 4.44. The fourth-order valence-electron chi connectivity index (χ4n) is 4.91. The Balaban J connectivity index is 1.69. The second-order valence-electron chi connectivity index (χ2n) is 10.8. The van der Waals surface area contributed by atoms with E-state index in [0.29, 0.717) is 49.8 Å². The van der Waals surface area contributed by atoms with Crippen molar-refractivity contribution in [1.29, 1.82) is 0 Å². The summed E-state index contributed by atoms with van der Waals surface area (Å²) in [5.74, 6) is 0.690. The van der Waals surface area contributed by atoms with Crippen LogP contribution in [-0.4, -0.2) is 40.3 Å². The second kappa shape index (κ2) is 12.9. The number of hydrogen-bond donors (Lipinski definition) is 2. The molecule has 1 aliphatic rings. The van der Waals surface area contributed by atoms with Crippen molar-refractivity contribution in [2.75, 3.05) is 19.8 Å². The van der Waals surface area contributed by atoms with Gasteiger partial charge < -0.3 is 19.7 Å². The molecule has 0 saturated heterocycles. The first-order valence-electron chi connectivity index (χ1n) is 13.2. The lowest BCUT2D eigenvalue weighted by Gasteiger charge is -2.41. The lowest BCUT2D eigenvalue weighted by atomic mass is 9.66. The van der Waals surface area contributed by atoms with Crippen LogP contribution < -0.4 is 15.6 Å². The lowest BCUT2D eigenvalue weighted by molar-refractivity contribution is -0.384. The maximum Gasteiger partial charge on any atom is 0.269 e. The summed E-state index contributed by atoms with van der Waals surface area (Å²) in [6.07, 6.45) is 5.84. The Hall–Kier alpha value is -3.46. The van der Waals surface area contributed by atoms with Gasteiger partial charge in [-0.1, -0.05) is 25.5 Å². The van der Waals surface area contributed by atoms with Gasteiger partial charge in [-0.05, 0) is 69.4 Å². The molecular weight excluding hydrogens is 486 g/mol. The Labute approximate surface area is 223 Å². The number of nitrogens with zero attached hydrogens (tertiary/aromatic N) is 2.